The molecule has 7 nitrogen and oxygen atoms in total. The summed E-state index contributed by atoms with van der Waals surface area (Å²) in [6.07, 6.45) is 1.30. The van der Waals surface area contributed by atoms with Crippen molar-refractivity contribution in [1.29, 1.82) is 0 Å². The van der Waals surface area contributed by atoms with E-state index < -0.39 is 4.92 Å². The van der Waals surface area contributed by atoms with Gasteiger partial charge in [-0.15, -0.1) is 0 Å². The van der Waals surface area contributed by atoms with Crippen LogP contribution in [0.5, 0.6) is 11.5 Å². The van der Waals surface area contributed by atoms with Crippen LogP contribution in [0.15, 0.2) is 41.5 Å². The number of benzene rings is 2. The first kappa shape index (κ1) is 15.3. The lowest BCUT2D eigenvalue weighted by atomic mass is 10.1. The Morgan fingerprint density at radius 1 is 1.36 bits per heavy atom. The zero-order valence-corrected chi connectivity index (χ0v) is 12.1. The zero-order valence-electron chi connectivity index (χ0n) is 12.1. The van der Waals surface area contributed by atoms with Crippen LogP contribution in [0, 0.1) is 17.0 Å². The molecule has 0 radical (unpaired) electrons. The Balaban J connectivity index is 2.28. The maximum Gasteiger partial charge on any atom is 0.274 e. The van der Waals surface area contributed by atoms with E-state index in [-0.39, 0.29) is 22.7 Å². The summed E-state index contributed by atoms with van der Waals surface area (Å²) in [5, 5.41) is 24.9. The zero-order chi connectivity index (χ0) is 16.1. The van der Waals surface area contributed by atoms with E-state index in [0.717, 1.165) is 17.3 Å². The average molecular weight is 301 g/mol. The highest BCUT2D eigenvalue weighted by Gasteiger charge is 2.15. The summed E-state index contributed by atoms with van der Waals surface area (Å²) in [6, 6.07) is 9.91. The molecule has 7 heteroatoms. The molecule has 22 heavy (non-hydrogen) atoms. The number of non-ortho nitro benzene ring substituents is 1. The van der Waals surface area contributed by atoms with Crippen LogP contribution in [0.1, 0.15) is 11.1 Å². The molecule has 0 aliphatic carbocycles. The first-order valence-electron chi connectivity index (χ1n) is 6.43. The second-order valence-corrected chi connectivity index (χ2v) is 4.53. The molecular formula is C15H15N3O4. The van der Waals surface area contributed by atoms with Crippen molar-refractivity contribution in [3.05, 3.63) is 57.6 Å². The molecule has 0 aliphatic heterocycles. The number of para-hydroxylation sites is 1. The van der Waals surface area contributed by atoms with Gasteiger partial charge >= 0.3 is 0 Å². The molecule has 0 spiro atoms. The third-order valence-electron chi connectivity index (χ3n) is 3.05. The quantitative estimate of drug-likeness (QED) is 0.502. The number of phenols is 1. The molecule has 0 saturated heterocycles. The van der Waals surface area contributed by atoms with Gasteiger partial charge in [0.1, 0.15) is 0 Å². The number of nitro groups is 1. The summed E-state index contributed by atoms with van der Waals surface area (Å²) in [7, 11) is 1.32. The molecular weight excluding hydrogens is 286 g/mol. The Labute approximate surface area is 127 Å². The predicted octanol–water partition coefficient (Wildman–Crippen LogP) is 3.06. The Hall–Kier alpha value is -3.09. The molecule has 0 saturated carbocycles. The summed E-state index contributed by atoms with van der Waals surface area (Å²) in [5.74, 6) is -0.185. The lowest BCUT2D eigenvalue weighted by molar-refractivity contribution is -0.385. The monoisotopic (exact) mass is 301 g/mol. The number of hydrogen-bond donors (Lipinski definition) is 2. The van der Waals surface area contributed by atoms with E-state index in [2.05, 4.69) is 10.5 Å². The van der Waals surface area contributed by atoms with Crippen molar-refractivity contribution in [1.82, 2.24) is 0 Å². The summed E-state index contributed by atoms with van der Waals surface area (Å²) in [4.78, 5) is 10.3. The van der Waals surface area contributed by atoms with Gasteiger partial charge in [0, 0.05) is 11.6 Å². The van der Waals surface area contributed by atoms with Crippen LogP contribution in [-0.4, -0.2) is 23.4 Å². The molecule has 0 aliphatic rings. The molecule has 0 amide bonds. The van der Waals surface area contributed by atoms with Crippen molar-refractivity contribution in [2.75, 3.05) is 12.5 Å². The van der Waals surface area contributed by atoms with Crippen molar-refractivity contribution in [3.8, 4) is 11.5 Å². The molecule has 0 aromatic heterocycles. The second kappa shape index (κ2) is 6.57. The number of nitrogens with one attached hydrogen (secondary N) is 1. The Kier molecular flexibility index (Phi) is 4.57. The van der Waals surface area contributed by atoms with Gasteiger partial charge in [0.25, 0.3) is 5.69 Å². The molecule has 114 valence electrons. The van der Waals surface area contributed by atoms with Gasteiger partial charge in [-0.1, -0.05) is 18.2 Å². The molecule has 0 fully saturated rings. The second-order valence-electron chi connectivity index (χ2n) is 4.53. The molecule has 0 bridgehead atoms. The normalized spacial score (nSPS) is 10.6. The number of rotatable bonds is 5. The Morgan fingerprint density at radius 2 is 2.09 bits per heavy atom. The van der Waals surface area contributed by atoms with Crippen LogP contribution < -0.4 is 10.2 Å². The molecule has 0 heterocycles. The number of phenolic OH excluding ortho intramolecular Hbond substituents is 1. The number of nitro benzene ring substituents is 1. The molecule has 2 aromatic rings. The van der Waals surface area contributed by atoms with Crippen LogP contribution in [-0.2, 0) is 0 Å². The van der Waals surface area contributed by atoms with Gasteiger partial charge in [0.05, 0.1) is 30.0 Å². The maximum absolute atomic E-state index is 10.9. The highest BCUT2D eigenvalue weighted by Crippen LogP contribution is 2.33. The van der Waals surface area contributed by atoms with E-state index in [1.54, 1.807) is 0 Å². The van der Waals surface area contributed by atoms with Crippen LogP contribution in [0.2, 0.25) is 0 Å². The van der Waals surface area contributed by atoms with Crippen molar-refractivity contribution in [3.63, 3.8) is 0 Å². The molecule has 0 unspecified atom stereocenters. The van der Waals surface area contributed by atoms with Crippen LogP contribution in [0.3, 0.4) is 0 Å². The highest BCUT2D eigenvalue weighted by atomic mass is 16.6. The minimum atomic E-state index is -0.561. The Bertz CT molecular complexity index is 729. The van der Waals surface area contributed by atoms with Gasteiger partial charge < -0.3 is 9.84 Å². The topological polar surface area (TPSA) is 97.0 Å². The van der Waals surface area contributed by atoms with E-state index >= 15 is 0 Å². The molecule has 2 N–H and O–H groups in total. The summed E-state index contributed by atoms with van der Waals surface area (Å²) in [5.41, 5.74) is 4.62. The summed E-state index contributed by atoms with van der Waals surface area (Å²) >= 11 is 0. The van der Waals surface area contributed by atoms with E-state index in [1.165, 1.54) is 19.4 Å². The van der Waals surface area contributed by atoms with Gasteiger partial charge in [0.15, 0.2) is 11.5 Å². The van der Waals surface area contributed by atoms with Gasteiger partial charge in [-0.25, -0.2) is 0 Å². The number of hydrazone groups is 1. The number of hydrogen-bond acceptors (Lipinski definition) is 6. The number of methoxy groups -OCH3 is 1. The van der Waals surface area contributed by atoms with Gasteiger partial charge in [-0.05, 0) is 18.6 Å². The van der Waals surface area contributed by atoms with Crippen molar-refractivity contribution in [2.45, 2.75) is 6.92 Å². The van der Waals surface area contributed by atoms with Crippen molar-refractivity contribution >= 4 is 17.6 Å². The minimum absolute atomic E-state index is 0.0199. The molecule has 2 aromatic carbocycles. The van der Waals surface area contributed by atoms with Crippen molar-refractivity contribution < 1.29 is 14.8 Å². The number of nitrogens with zero attached hydrogens (tertiary/aromatic N) is 2. The molecule has 2 rings (SSSR count). The first-order chi connectivity index (χ1) is 10.5. The number of aryl methyl sites for hydroxylation is 1. The lowest BCUT2D eigenvalue weighted by Gasteiger charge is -2.06. The van der Waals surface area contributed by atoms with Crippen LogP contribution >= 0.6 is 0 Å². The standard InChI is InChI=1S/C15H15N3O4/c1-10-5-3-4-6-13(10)17-16-9-11-7-12(18(20)21)8-14(22-2)15(11)19/h3-9,17,19H,1-2H3. The first-order valence-corrected chi connectivity index (χ1v) is 6.43. The van der Waals surface area contributed by atoms with Crippen LogP contribution in [0.25, 0.3) is 0 Å². The fraction of sp³-hybridized carbons (Fsp3) is 0.133. The van der Waals surface area contributed by atoms with E-state index in [9.17, 15) is 15.2 Å². The van der Waals surface area contributed by atoms with Gasteiger partial charge in [-0.2, -0.15) is 5.10 Å². The number of anilines is 1. The van der Waals surface area contributed by atoms with E-state index in [1.807, 2.05) is 31.2 Å². The Morgan fingerprint density at radius 3 is 2.73 bits per heavy atom. The van der Waals surface area contributed by atoms with Crippen molar-refractivity contribution in [2.24, 2.45) is 5.10 Å². The smallest absolute Gasteiger partial charge is 0.274 e. The molecule has 0 atom stereocenters. The SMILES string of the molecule is COc1cc([N+](=O)[O-])cc(C=NNc2ccccc2C)c1O. The summed E-state index contributed by atoms with van der Waals surface area (Å²) in [6.45, 7) is 1.92. The summed E-state index contributed by atoms with van der Waals surface area (Å²) < 4.78 is 4.92. The van der Waals surface area contributed by atoms with Gasteiger partial charge in [0.2, 0.25) is 0 Å². The minimum Gasteiger partial charge on any atom is -0.504 e. The number of aromatic hydroxyl groups is 1. The fourth-order valence-electron chi connectivity index (χ4n) is 1.84. The predicted molar refractivity (Wildman–Crippen MR) is 83.7 cm³/mol. The van der Waals surface area contributed by atoms with Crippen LogP contribution in [0.4, 0.5) is 11.4 Å². The van der Waals surface area contributed by atoms with E-state index in [4.69, 9.17) is 4.74 Å². The third kappa shape index (κ3) is 3.32. The van der Waals surface area contributed by atoms with Gasteiger partial charge in [-0.3, -0.25) is 15.5 Å². The average Bonchev–Trinajstić information content (AvgIpc) is 2.50. The maximum atomic E-state index is 10.9. The van der Waals surface area contributed by atoms with E-state index in [0.29, 0.717) is 0 Å². The third-order valence-corrected chi connectivity index (χ3v) is 3.05. The lowest BCUT2D eigenvalue weighted by Crippen LogP contribution is -1.96. The number of ether oxygens (including phenoxy) is 1. The largest absolute Gasteiger partial charge is 0.504 e. The fourth-order valence-corrected chi connectivity index (χ4v) is 1.84. The highest BCUT2D eigenvalue weighted by molar-refractivity contribution is 5.86.